The van der Waals surface area contributed by atoms with Gasteiger partial charge in [0.05, 0.1) is 18.1 Å². The van der Waals surface area contributed by atoms with Crippen molar-refractivity contribution in [1.29, 1.82) is 5.26 Å². The lowest BCUT2D eigenvalue weighted by Crippen LogP contribution is -2.03. The summed E-state index contributed by atoms with van der Waals surface area (Å²) in [5.41, 5.74) is 1.82. The first-order chi connectivity index (χ1) is 8.90. The average molecular weight is 240 g/mol. The minimum Gasteiger partial charge on any atom is -0.478 e. The van der Waals surface area contributed by atoms with Gasteiger partial charge in [0.15, 0.2) is 6.61 Å². The summed E-state index contributed by atoms with van der Waals surface area (Å²) in [6.07, 6.45) is 4.88. The molecule has 18 heavy (non-hydrogen) atoms. The van der Waals surface area contributed by atoms with Crippen LogP contribution >= 0.6 is 0 Å². The first kappa shape index (κ1) is 11.9. The van der Waals surface area contributed by atoms with Crippen LogP contribution < -0.4 is 10.1 Å². The third-order valence-electron chi connectivity index (χ3n) is 2.31. The lowest BCUT2D eigenvalue weighted by atomic mass is 10.2. The van der Waals surface area contributed by atoms with E-state index in [1.165, 1.54) is 6.33 Å². The number of nitrogens with one attached hydrogen (secondary N) is 1. The zero-order chi connectivity index (χ0) is 12.6. The van der Waals surface area contributed by atoms with Gasteiger partial charge in [-0.3, -0.25) is 0 Å². The summed E-state index contributed by atoms with van der Waals surface area (Å²) < 4.78 is 5.34. The molecule has 1 aromatic carbocycles. The molecule has 0 atom stereocenters. The number of benzene rings is 1. The van der Waals surface area contributed by atoms with Gasteiger partial charge in [-0.05, 0) is 6.07 Å². The fourth-order valence-corrected chi connectivity index (χ4v) is 1.49. The third-order valence-corrected chi connectivity index (χ3v) is 2.31. The summed E-state index contributed by atoms with van der Waals surface area (Å²) in [7, 11) is 0. The molecular formula is C13H12N4O. The van der Waals surface area contributed by atoms with Crippen molar-refractivity contribution >= 4 is 5.69 Å². The second kappa shape index (κ2) is 6.21. The molecule has 0 aliphatic heterocycles. The number of rotatable bonds is 5. The smallest absolute Gasteiger partial charge is 0.174 e. The van der Waals surface area contributed by atoms with Crippen molar-refractivity contribution in [3.8, 4) is 11.8 Å². The summed E-state index contributed by atoms with van der Waals surface area (Å²) in [6, 6.07) is 9.55. The zero-order valence-electron chi connectivity index (χ0n) is 9.71. The number of ether oxygens (including phenoxy) is 1. The van der Waals surface area contributed by atoms with E-state index in [2.05, 4.69) is 15.3 Å². The van der Waals surface area contributed by atoms with E-state index in [4.69, 9.17) is 10.00 Å². The van der Waals surface area contributed by atoms with Gasteiger partial charge >= 0.3 is 0 Å². The van der Waals surface area contributed by atoms with Crippen molar-refractivity contribution < 1.29 is 4.74 Å². The van der Waals surface area contributed by atoms with Gasteiger partial charge < -0.3 is 10.1 Å². The fourth-order valence-electron chi connectivity index (χ4n) is 1.49. The Labute approximate surface area is 105 Å². The molecule has 2 rings (SSSR count). The van der Waals surface area contributed by atoms with E-state index in [1.807, 2.05) is 30.3 Å². The lowest BCUT2D eigenvalue weighted by molar-refractivity contribution is 0.364. The molecule has 1 N–H and O–H groups in total. The molecule has 0 aliphatic rings. The standard InChI is InChI=1S/C13H12N4O/c14-5-6-18-13-4-2-1-3-11(13)7-17-12-8-15-10-16-9-12/h1-4,8-10,17H,6-7H2. The first-order valence-electron chi connectivity index (χ1n) is 5.46. The quantitative estimate of drug-likeness (QED) is 0.865. The summed E-state index contributed by atoms with van der Waals surface area (Å²) in [5, 5.41) is 11.7. The van der Waals surface area contributed by atoms with Crippen molar-refractivity contribution in [3.05, 3.63) is 48.5 Å². The maximum Gasteiger partial charge on any atom is 0.174 e. The molecule has 0 bridgehead atoms. The molecule has 1 aromatic heterocycles. The number of aromatic nitrogens is 2. The Hall–Kier alpha value is -2.61. The van der Waals surface area contributed by atoms with Gasteiger partial charge in [0, 0.05) is 12.1 Å². The Kier molecular flexibility index (Phi) is 4.09. The molecule has 1 heterocycles. The van der Waals surface area contributed by atoms with Crippen LogP contribution in [0.1, 0.15) is 5.56 Å². The van der Waals surface area contributed by atoms with Crippen LogP contribution in [0.25, 0.3) is 0 Å². The van der Waals surface area contributed by atoms with Crippen molar-refractivity contribution in [2.24, 2.45) is 0 Å². The lowest BCUT2D eigenvalue weighted by Gasteiger charge is -2.10. The predicted octanol–water partition coefficient (Wildman–Crippen LogP) is 1.99. The number of hydrogen-bond donors (Lipinski definition) is 1. The van der Waals surface area contributed by atoms with E-state index in [0.717, 1.165) is 11.3 Å². The van der Waals surface area contributed by atoms with Crippen molar-refractivity contribution in [1.82, 2.24) is 9.97 Å². The molecule has 0 fully saturated rings. The maximum absolute atomic E-state index is 8.52. The average Bonchev–Trinajstić information content (AvgIpc) is 2.45. The molecule has 0 saturated heterocycles. The summed E-state index contributed by atoms with van der Waals surface area (Å²) in [6.45, 7) is 0.639. The van der Waals surface area contributed by atoms with Crippen LogP contribution in [0.3, 0.4) is 0 Å². The fraction of sp³-hybridized carbons (Fsp3) is 0.154. The summed E-state index contributed by atoms with van der Waals surface area (Å²) in [4.78, 5) is 7.84. The van der Waals surface area contributed by atoms with Crippen LogP contribution in [0.5, 0.6) is 5.75 Å². The van der Waals surface area contributed by atoms with E-state index >= 15 is 0 Å². The molecule has 0 spiro atoms. The predicted molar refractivity (Wildman–Crippen MR) is 66.9 cm³/mol. The van der Waals surface area contributed by atoms with Crippen LogP contribution in [-0.2, 0) is 6.54 Å². The highest BCUT2D eigenvalue weighted by atomic mass is 16.5. The van der Waals surface area contributed by atoms with Gasteiger partial charge in [-0.15, -0.1) is 0 Å². The second-order valence-electron chi connectivity index (χ2n) is 3.54. The molecule has 0 radical (unpaired) electrons. The second-order valence-corrected chi connectivity index (χ2v) is 3.54. The van der Waals surface area contributed by atoms with Crippen LogP contribution in [0, 0.1) is 11.3 Å². The Balaban J connectivity index is 2.03. The summed E-state index contributed by atoms with van der Waals surface area (Å²) >= 11 is 0. The normalized spacial score (nSPS) is 9.50. The molecular weight excluding hydrogens is 228 g/mol. The molecule has 5 heteroatoms. The third kappa shape index (κ3) is 3.19. The Morgan fingerprint density at radius 2 is 2.00 bits per heavy atom. The highest BCUT2D eigenvalue weighted by molar-refractivity contribution is 5.41. The largest absolute Gasteiger partial charge is 0.478 e. The van der Waals surface area contributed by atoms with E-state index < -0.39 is 0 Å². The van der Waals surface area contributed by atoms with Crippen LogP contribution in [0.4, 0.5) is 5.69 Å². The highest BCUT2D eigenvalue weighted by Gasteiger charge is 2.02. The molecule has 0 unspecified atom stereocenters. The van der Waals surface area contributed by atoms with Gasteiger partial charge in [0.1, 0.15) is 18.1 Å². The molecule has 5 nitrogen and oxygen atoms in total. The van der Waals surface area contributed by atoms with E-state index in [-0.39, 0.29) is 6.61 Å². The minimum atomic E-state index is 0.0471. The number of nitriles is 1. The number of nitrogens with zero attached hydrogens (tertiary/aromatic N) is 3. The van der Waals surface area contributed by atoms with Gasteiger partial charge in [0.2, 0.25) is 0 Å². The van der Waals surface area contributed by atoms with Crippen LogP contribution in [-0.4, -0.2) is 16.6 Å². The first-order valence-corrected chi connectivity index (χ1v) is 5.46. The molecule has 2 aromatic rings. The minimum absolute atomic E-state index is 0.0471. The highest BCUT2D eigenvalue weighted by Crippen LogP contribution is 2.18. The summed E-state index contributed by atoms with van der Waals surface area (Å²) in [5.74, 6) is 0.711. The Bertz CT molecular complexity index is 536. The molecule has 0 amide bonds. The van der Waals surface area contributed by atoms with Crippen molar-refractivity contribution in [2.45, 2.75) is 6.54 Å². The van der Waals surface area contributed by atoms with E-state index in [0.29, 0.717) is 12.3 Å². The monoisotopic (exact) mass is 240 g/mol. The molecule has 0 aliphatic carbocycles. The maximum atomic E-state index is 8.52. The Morgan fingerprint density at radius 3 is 2.78 bits per heavy atom. The van der Waals surface area contributed by atoms with E-state index in [9.17, 15) is 0 Å². The van der Waals surface area contributed by atoms with Crippen molar-refractivity contribution in [3.63, 3.8) is 0 Å². The van der Waals surface area contributed by atoms with Crippen LogP contribution in [0.2, 0.25) is 0 Å². The zero-order valence-corrected chi connectivity index (χ0v) is 9.71. The molecule has 90 valence electrons. The van der Waals surface area contributed by atoms with Crippen LogP contribution in [0.15, 0.2) is 43.0 Å². The van der Waals surface area contributed by atoms with Gasteiger partial charge in [0.25, 0.3) is 0 Å². The van der Waals surface area contributed by atoms with Gasteiger partial charge in [-0.2, -0.15) is 5.26 Å². The van der Waals surface area contributed by atoms with E-state index in [1.54, 1.807) is 12.4 Å². The number of para-hydroxylation sites is 1. The van der Waals surface area contributed by atoms with Gasteiger partial charge in [-0.25, -0.2) is 9.97 Å². The number of hydrogen-bond acceptors (Lipinski definition) is 5. The number of anilines is 1. The SMILES string of the molecule is N#CCOc1ccccc1CNc1cncnc1. The van der Waals surface area contributed by atoms with Crippen molar-refractivity contribution in [2.75, 3.05) is 11.9 Å². The molecule has 0 saturated carbocycles. The Morgan fingerprint density at radius 1 is 1.22 bits per heavy atom. The topological polar surface area (TPSA) is 70.8 Å². The van der Waals surface area contributed by atoms with Gasteiger partial charge in [-0.1, -0.05) is 18.2 Å².